The summed E-state index contributed by atoms with van der Waals surface area (Å²) in [4.78, 5) is 14.8. The van der Waals surface area contributed by atoms with Crippen LogP contribution in [0.4, 0.5) is 5.82 Å². The van der Waals surface area contributed by atoms with Gasteiger partial charge in [-0.05, 0) is 18.6 Å². The SMILES string of the molecule is CCCC(CC(=O)O)Nc1ncccc1C#N. The molecule has 1 aromatic heterocycles. The first-order chi connectivity index (χ1) is 8.17. The molecule has 0 fully saturated rings. The molecular weight excluding hydrogens is 218 g/mol. The Balaban J connectivity index is 2.78. The highest BCUT2D eigenvalue weighted by Gasteiger charge is 2.14. The first-order valence-electron chi connectivity index (χ1n) is 5.50. The fourth-order valence-corrected chi connectivity index (χ4v) is 1.59. The molecule has 0 aliphatic heterocycles. The zero-order valence-corrected chi connectivity index (χ0v) is 9.68. The predicted octanol–water partition coefficient (Wildman–Crippen LogP) is 2.01. The van der Waals surface area contributed by atoms with Gasteiger partial charge >= 0.3 is 5.97 Å². The Morgan fingerprint density at radius 1 is 1.71 bits per heavy atom. The molecule has 90 valence electrons. The Morgan fingerprint density at radius 3 is 3.06 bits per heavy atom. The first-order valence-corrected chi connectivity index (χ1v) is 5.50. The third kappa shape index (κ3) is 4.11. The van der Waals surface area contributed by atoms with E-state index in [4.69, 9.17) is 10.4 Å². The fourth-order valence-electron chi connectivity index (χ4n) is 1.59. The maximum absolute atomic E-state index is 10.7. The monoisotopic (exact) mass is 233 g/mol. The van der Waals surface area contributed by atoms with Crippen LogP contribution in [0.5, 0.6) is 0 Å². The van der Waals surface area contributed by atoms with Gasteiger partial charge in [0.15, 0.2) is 0 Å². The summed E-state index contributed by atoms with van der Waals surface area (Å²) in [7, 11) is 0. The molecule has 5 heteroatoms. The van der Waals surface area contributed by atoms with Gasteiger partial charge in [0.25, 0.3) is 0 Å². The number of carbonyl (C=O) groups is 1. The van der Waals surface area contributed by atoms with E-state index in [9.17, 15) is 4.79 Å². The summed E-state index contributed by atoms with van der Waals surface area (Å²) >= 11 is 0. The van der Waals surface area contributed by atoms with Gasteiger partial charge < -0.3 is 10.4 Å². The lowest BCUT2D eigenvalue weighted by atomic mass is 10.1. The lowest BCUT2D eigenvalue weighted by molar-refractivity contribution is -0.137. The highest BCUT2D eigenvalue weighted by molar-refractivity contribution is 5.68. The first kappa shape index (κ1) is 13.0. The largest absolute Gasteiger partial charge is 0.481 e. The van der Waals surface area contributed by atoms with Crippen LogP contribution in [-0.4, -0.2) is 22.1 Å². The quantitative estimate of drug-likeness (QED) is 0.784. The molecule has 0 spiro atoms. The van der Waals surface area contributed by atoms with E-state index in [1.54, 1.807) is 18.3 Å². The van der Waals surface area contributed by atoms with Gasteiger partial charge in [0.1, 0.15) is 11.9 Å². The summed E-state index contributed by atoms with van der Waals surface area (Å²) in [6.07, 6.45) is 3.20. The van der Waals surface area contributed by atoms with Crippen molar-refractivity contribution in [3.8, 4) is 6.07 Å². The van der Waals surface area contributed by atoms with Gasteiger partial charge in [-0.1, -0.05) is 13.3 Å². The summed E-state index contributed by atoms with van der Waals surface area (Å²) in [5.74, 6) is -0.403. The molecular formula is C12H15N3O2. The molecule has 1 rings (SSSR count). The minimum absolute atomic E-state index is 0.0231. The van der Waals surface area contributed by atoms with Gasteiger partial charge in [-0.3, -0.25) is 4.79 Å². The number of carboxylic acids is 1. The Hall–Kier alpha value is -2.09. The topological polar surface area (TPSA) is 86.0 Å². The normalized spacial score (nSPS) is 11.5. The maximum atomic E-state index is 10.7. The van der Waals surface area contributed by atoms with Crippen LogP contribution in [-0.2, 0) is 4.79 Å². The molecule has 1 aromatic rings. The van der Waals surface area contributed by atoms with Crippen molar-refractivity contribution in [2.75, 3.05) is 5.32 Å². The summed E-state index contributed by atoms with van der Waals surface area (Å²) < 4.78 is 0. The van der Waals surface area contributed by atoms with Crippen LogP contribution >= 0.6 is 0 Å². The van der Waals surface area contributed by atoms with E-state index >= 15 is 0 Å². The standard InChI is InChI=1S/C12H15N3O2/c1-2-4-10(7-11(16)17)15-12-9(8-13)5-3-6-14-12/h3,5-6,10H,2,4,7H2,1H3,(H,14,15)(H,16,17). The van der Waals surface area contributed by atoms with Crippen LogP contribution < -0.4 is 5.32 Å². The number of hydrogen-bond donors (Lipinski definition) is 2. The average molecular weight is 233 g/mol. The van der Waals surface area contributed by atoms with E-state index in [1.165, 1.54) is 0 Å². The number of aromatic nitrogens is 1. The Kier molecular flexibility index (Phi) is 4.95. The number of nitrogens with zero attached hydrogens (tertiary/aromatic N) is 2. The molecule has 0 amide bonds. The zero-order chi connectivity index (χ0) is 12.7. The van der Waals surface area contributed by atoms with E-state index in [-0.39, 0.29) is 12.5 Å². The molecule has 1 heterocycles. The van der Waals surface area contributed by atoms with Gasteiger partial charge in [0.2, 0.25) is 0 Å². The average Bonchev–Trinajstić information content (AvgIpc) is 2.29. The van der Waals surface area contributed by atoms with Crippen molar-refractivity contribution in [2.24, 2.45) is 0 Å². The van der Waals surface area contributed by atoms with Crippen LogP contribution in [0, 0.1) is 11.3 Å². The molecule has 0 aliphatic rings. The summed E-state index contributed by atoms with van der Waals surface area (Å²) in [5.41, 5.74) is 0.430. The van der Waals surface area contributed by atoms with Gasteiger partial charge in [-0.15, -0.1) is 0 Å². The molecule has 1 atom stereocenters. The van der Waals surface area contributed by atoms with Gasteiger partial charge in [0, 0.05) is 12.2 Å². The second kappa shape index (κ2) is 6.48. The van der Waals surface area contributed by atoms with Gasteiger partial charge in [-0.25, -0.2) is 4.98 Å². The highest BCUT2D eigenvalue weighted by atomic mass is 16.4. The van der Waals surface area contributed by atoms with Crippen LogP contribution in [0.1, 0.15) is 31.7 Å². The summed E-state index contributed by atoms with van der Waals surface area (Å²) in [5, 5.41) is 20.7. The van der Waals surface area contributed by atoms with E-state index < -0.39 is 5.97 Å². The molecule has 0 aromatic carbocycles. The summed E-state index contributed by atoms with van der Waals surface area (Å²) in [6.45, 7) is 1.99. The van der Waals surface area contributed by atoms with Crippen LogP contribution in [0.15, 0.2) is 18.3 Å². The molecule has 5 nitrogen and oxygen atoms in total. The Bertz CT molecular complexity index is 426. The molecule has 2 N–H and O–H groups in total. The van der Waals surface area contributed by atoms with E-state index in [2.05, 4.69) is 10.3 Å². The van der Waals surface area contributed by atoms with Crippen molar-refractivity contribution in [3.05, 3.63) is 23.9 Å². The number of nitrogens with one attached hydrogen (secondary N) is 1. The number of pyridine rings is 1. The Morgan fingerprint density at radius 2 is 2.47 bits per heavy atom. The minimum atomic E-state index is -0.856. The Labute approximate surface area is 100 Å². The molecule has 1 unspecified atom stereocenters. The molecule has 17 heavy (non-hydrogen) atoms. The van der Waals surface area contributed by atoms with Crippen molar-refractivity contribution in [1.82, 2.24) is 4.98 Å². The predicted molar refractivity (Wildman–Crippen MR) is 63.5 cm³/mol. The second-order valence-corrected chi connectivity index (χ2v) is 3.74. The minimum Gasteiger partial charge on any atom is -0.481 e. The molecule has 0 bridgehead atoms. The maximum Gasteiger partial charge on any atom is 0.305 e. The van der Waals surface area contributed by atoms with Crippen LogP contribution in [0.3, 0.4) is 0 Å². The number of aliphatic carboxylic acids is 1. The third-order valence-electron chi connectivity index (χ3n) is 2.33. The molecule has 0 aliphatic carbocycles. The van der Waals surface area contributed by atoms with E-state index in [1.807, 2.05) is 13.0 Å². The van der Waals surface area contributed by atoms with Gasteiger partial charge in [-0.2, -0.15) is 5.26 Å². The number of hydrogen-bond acceptors (Lipinski definition) is 4. The smallest absolute Gasteiger partial charge is 0.305 e. The fraction of sp³-hybridized carbons (Fsp3) is 0.417. The second-order valence-electron chi connectivity index (χ2n) is 3.74. The van der Waals surface area contributed by atoms with Crippen molar-refractivity contribution >= 4 is 11.8 Å². The lowest BCUT2D eigenvalue weighted by Crippen LogP contribution is -2.24. The van der Waals surface area contributed by atoms with Crippen LogP contribution in [0.25, 0.3) is 0 Å². The van der Waals surface area contributed by atoms with Crippen LogP contribution in [0.2, 0.25) is 0 Å². The number of anilines is 1. The zero-order valence-electron chi connectivity index (χ0n) is 9.68. The van der Waals surface area contributed by atoms with Gasteiger partial charge in [0.05, 0.1) is 12.0 Å². The number of rotatable bonds is 6. The summed E-state index contributed by atoms with van der Waals surface area (Å²) in [6, 6.07) is 5.16. The van der Waals surface area contributed by atoms with E-state index in [0.29, 0.717) is 11.4 Å². The van der Waals surface area contributed by atoms with Crippen molar-refractivity contribution in [1.29, 1.82) is 5.26 Å². The van der Waals surface area contributed by atoms with Crippen molar-refractivity contribution < 1.29 is 9.90 Å². The molecule has 0 saturated heterocycles. The van der Waals surface area contributed by atoms with E-state index in [0.717, 1.165) is 12.8 Å². The number of nitriles is 1. The van der Waals surface area contributed by atoms with Crippen molar-refractivity contribution in [3.63, 3.8) is 0 Å². The lowest BCUT2D eigenvalue weighted by Gasteiger charge is -2.17. The molecule has 0 radical (unpaired) electrons. The van der Waals surface area contributed by atoms with Crippen molar-refractivity contribution in [2.45, 2.75) is 32.2 Å². The molecule has 0 saturated carbocycles. The highest BCUT2D eigenvalue weighted by Crippen LogP contribution is 2.14. The third-order valence-corrected chi connectivity index (χ3v) is 2.33. The number of carboxylic acid groups (broad SMARTS) is 1.